The number of amides is 1. The van der Waals surface area contributed by atoms with Crippen molar-refractivity contribution in [3.63, 3.8) is 0 Å². The lowest BCUT2D eigenvalue weighted by molar-refractivity contribution is 0.0281. The van der Waals surface area contributed by atoms with Gasteiger partial charge < -0.3 is 9.64 Å². The molecule has 0 saturated carbocycles. The zero-order chi connectivity index (χ0) is 13.2. The van der Waals surface area contributed by atoms with Crippen LogP contribution >= 0.6 is 0 Å². The summed E-state index contributed by atoms with van der Waals surface area (Å²) in [5.41, 5.74) is 1.24. The maximum Gasteiger partial charge on any atom is 0.410 e. The van der Waals surface area contributed by atoms with Gasteiger partial charge >= 0.3 is 6.09 Å². The van der Waals surface area contributed by atoms with Gasteiger partial charge in [-0.3, -0.25) is 4.68 Å². The molecule has 17 heavy (non-hydrogen) atoms. The molecule has 0 aliphatic heterocycles. The van der Waals surface area contributed by atoms with Gasteiger partial charge in [-0.1, -0.05) is 5.21 Å². The second-order valence-electron chi connectivity index (χ2n) is 5.08. The van der Waals surface area contributed by atoms with Crippen molar-refractivity contribution in [3.8, 4) is 0 Å². The third-order valence-electron chi connectivity index (χ3n) is 2.23. The van der Waals surface area contributed by atoms with Crippen molar-refractivity contribution in [2.75, 3.05) is 7.05 Å². The Morgan fingerprint density at radius 3 is 2.47 bits per heavy atom. The van der Waals surface area contributed by atoms with E-state index in [9.17, 15) is 4.79 Å². The molecule has 1 aromatic rings. The maximum atomic E-state index is 11.8. The number of nitrogens with zero attached hydrogens (tertiary/aromatic N) is 4. The number of ether oxygens (including phenoxy) is 1. The highest BCUT2D eigenvalue weighted by atomic mass is 16.6. The highest BCUT2D eigenvalue weighted by Crippen LogP contribution is 2.11. The van der Waals surface area contributed by atoms with E-state index in [0.717, 1.165) is 11.4 Å². The lowest BCUT2D eigenvalue weighted by Gasteiger charge is -2.24. The van der Waals surface area contributed by atoms with Crippen LogP contribution in [0.2, 0.25) is 0 Å². The van der Waals surface area contributed by atoms with Crippen LogP contribution in [0, 0.1) is 6.92 Å². The van der Waals surface area contributed by atoms with Crippen LogP contribution in [0.4, 0.5) is 4.79 Å². The topological polar surface area (TPSA) is 60.2 Å². The van der Waals surface area contributed by atoms with Gasteiger partial charge in [-0.2, -0.15) is 0 Å². The van der Waals surface area contributed by atoms with E-state index in [0.29, 0.717) is 6.54 Å². The standard InChI is InChI=1S/C11H20N4O2/c1-8-9(15(6)13-12-8)7-14(5)10(16)17-11(2,3)4/h7H2,1-6H3. The molecule has 0 aliphatic rings. The summed E-state index contributed by atoms with van der Waals surface area (Å²) in [6.07, 6.45) is -0.349. The lowest BCUT2D eigenvalue weighted by Crippen LogP contribution is -2.34. The molecule has 6 nitrogen and oxygen atoms in total. The Hall–Kier alpha value is -1.59. The molecule has 96 valence electrons. The molecule has 6 heteroatoms. The molecule has 1 aromatic heterocycles. The second kappa shape index (κ2) is 4.73. The minimum absolute atomic E-state index is 0.349. The zero-order valence-electron chi connectivity index (χ0n) is 11.3. The molecule has 0 unspecified atom stereocenters. The van der Waals surface area contributed by atoms with E-state index in [1.165, 1.54) is 4.90 Å². The number of hydrogen-bond acceptors (Lipinski definition) is 4. The average molecular weight is 240 g/mol. The lowest BCUT2D eigenvalue weighted by atomic mass is 10.2. The first-order chi connectivity index (χ1) is 7.70. The molecule has 0 fully saturated rings. The number of carbonyl (C=O) groups is 1. The third-order valence-corrected chi connectivity index (χ3v) is 2.23. The number of aromatic nitrogens is 3. The SMILES string of the molecule is Cc1nnn(C)c1CN(C)C(=O)OC(C)(C)C. The van der Waals surface area contributed by atoms with E-state index in [-0.39, 0.29) is 6.09 Å². The fourth-order valence-corrected chi connectivity index (χ4v) is 1.33. The van der Waals surface area contributed by atoms with Crippen LogP contribution in [0.15, 0.2) is 0 Å². The van der Waals surface area contributed by atoms with Gasteiger partial charge in [-0.25, -0.2) is 4.79 Å². The molecule has 0 atom stereocenters. The summed E-state index contributed by atoms with van der Waals surface area (Å²) in [6, 6.07) is 0. The first-order valence-electron chi connectivity index (χ1n) is 5.50. The Balaban J connectivity index is 2.67. The summed E-state index contributed by atoms with van der Waals surface area (Å²) in [5, 5.41) is 7.83. The van der Waals surface area contributed by atoms with Crippen molar-refractivity contribution in [1.82, 2.24) is 19.9 Å². The van der Waals surface area contributed by atoms with Crippen LogP contribution in [-0.4, -0.2) is 38.6 Å². The van der Waals surface area contributed by atoms with Crippen LogP contribution in [0.1, 0.15) is 32.2 Å². The normalized spacial score (nSPS) is 11.4. The summed E-state index contributed by atoms with van der Waals surface area (Å²) in [4.78, 5) is 13.3. The summed E-state index contributed by atoms with van der Waals surface area (Å²) < 4.78 is 6.93. The number of carbonyl (C=O) groups excluding carboxylic acids is 1. The van der Waals surface area contributed by atoms with Gasteiger partial charge in [0.2, 0.25) is 0 Å². The highest BCUT2D eigenvalue weighted by Gasteiger charge is 2.21. The molecule has 1 rings (SSSR count). The van der Waals surface area contributed by atoms with Crippen molar-refractivity contribution in [2.24, 2.45) is 7.05 Å². The van der Waals surface area contributed by atoms with Crippen LogP contribution in [-0.2, 0) is 18.3 Å². The predicted octanol–water partition coefficient (Wildman–Crippen LogP) is 1.49. The fraction of sp³-hybridized carbons (Fsp3) is 0.727. The number of rotatable bonds is 2. The predicted molar refractivity (Wildman–Crippen MR) is 63.4 cm³/mol. The minimum atomic E-state index is -0.481. The van der Waals surface area contributed by atoms with Crippen molar-refractivity contribution >= 4 is 6.09 Å². The van der Waals surface area contributed by atoms with Crippen molar-refractivity contribution in [2.45, 2.75) is 39.8 Å². The first-order valence-corrected chi connectivity index (χ1v) is 5.50. The smallest absolute Gasteiger partial charge is 0.410 e. The van der Waals surface area contributed by atoms with Gasteiger partial charge in [-0.15, -0.1) is 5.10 Å². The quantitative estimate of drug-likeness (QED) is 0.785. The summed E-state index contributed by atoms with van der Waals surface area (Å²) in [6.45, 7) is 7.83. The number of hydrogen-bond donors (Lipinski definition) is 0. The zero-order valence-corrected chi connectivity index (χ0v) is 11.3. The van der Waals surface area contributed by atoms with Gasteiger partial charge in [0, 0.05) is 14.1 Å². The van der Waals surface area contributed by atoms with Crippen molar-refractivity contribution in [3.05, 3.63) is 11.4 Å². The van der Waals surface area contributed by atoms with Crippen molar-refractivity contribution < 1.29 is 9.53 Å². The summed E-state index contributed by atoms with van der Waals surface area (Å²) in [5.74, 6) is 0. The fourth-order valence-electron chi connectivity index (χ4n) is 1.33. The number of aryl methyl sites for hydroxylation is 2. The molecule has 0 radical (unpaired) electrons. The van der Waals surface area contributed by atoms with E-state index >= 15 is 0 Å². The molecule has 1 heterocycles. The minimum Gasteiger partial charge on any atom is -0.444 e. The van der Waals surface area contributed by atoms with E-state index in [1.807, 2.05) is 27.7 Å². The average Bonchev–Trinajstić information content (AvgIpc) is 2.46. The van der Waals surface area contributed by atoms with Gasteiger partial charge in [0.25, 0.3) is 0 Å². The Morgan fingerprint density at radius 2 is 2.06 bits per heavy atom. The molecular formula is C11H20N4O2. The van der Waals surface area contributed by atoms with Crippen molar-refractivity contribution in [1.29, 1.82) is 0 Å². The molecule has 0 aliphatic carbocycles. The Morgan fingerprint density at radius 1 is 1.47 bits per heavy atom. The maximum absolute atomic E-state index is 11.8. The van der Waals surface area contributed by atoms with Gasteiger partial charge in [0.15, 0.2) is 0 Å². The molecule has 0 bridgehead atoms. The molecule has 0 aromatic carbocycles. The summed E-state index contributed by atoms with van der Waals surface area (Å²) >= 11 is 0. The molecule has 0 spiro atoms. The highest BCUT2D eigenvalue weighted by molar-refractivity contribution is 5.67. The van der Waals surface area contributed by atoms with E-state index in [4.69, 9.17) is 4.74 Å². The Kier molecular flexibility index (Phi) is 3.75. The second-order valence-corrected chi connectivity index (χ2v) is 5.08. The van der Waals surface area contributed by atoms with E-state index in [1.54, 1.807) is 18.8 Å². The molecule has 0 N–H and O–H groups in total. The van der Waals surface area contributed by atoms with Crippen LogP contribution < -0.4 is 0 Å². The van der Waals surface area contributed by atoms with Gasteiger partial charge in [-0.05, 0) is 27.7 Å². The Labute approximate surface area is 102 Å². The summed E-state index contributed by atoms with van der Waals surface area (Å²) in [7, 11) is 3.50. The van der Waals surface area contributed by atoms with Crippen LogP contribution in [0.5, 0.6) is 0 Å². The van der Waals surface area contributed by atoms with Gasteiger partial charge in [0.05, 0.1) is 17.9 Å². The third kappa shape index (κ3) is 3.72. The first kappa shape index (κ1) is 13.5. The molecule has 1 amide bonds. The van der Waals surface area contributed by atoms with E-state index in [2.05, 4.69) is 10.3 Å². The monoisotopic (exact) mass is 240 g/mol. The van der Waals surface area contributed by atoms with E-state index < -0.39 is 5.60 Å². The van der Waals surface area contributed by atoms with Gasteiger partial charge in [0.1, 0.15) is 5.60 Å². The molecular weight excluding hydrogens is 220 g/mol. The van der Waals surface area contributed by atoms with Crippen LogP contribution in [0.25, 0.3) is 0 Å². The molecule has 0 saturated heterocycles. The largest absolute Gasteiger partial charge is 0.444 e. The Bertz CT molecular complexity index is 387. The van der Waals surface area contributed by atoms with Crippen LogP contribution in [0.3, 0.4) is 0 Å².